The summed E-state index contributed by atoms with van der Waals surface area (Å²) in [5.74, 6) is -2.02. The lowest BCUT2D eigenvalue weighted by Gasteiger charge is -2.19. The summed E-state index contributed by atoms with van der Waals surface area (Å²) < 4.78 is 4.79. The molecular formula is C16H13BrO4. The zero-order valence-electron chi connectivity index (χ0n) is 11.3. The quantitative estimate of drug-likeness (QED) is 0.516. The summed E-state index contributed by atoms with van der Waals surface area (Å²) >= 11 is 3.31. The minimum atomic E-state index is -1.03. The fraction of sp³-hybridized carbons (Fsp3) is 0.188. The third-order valence-electron chi connectivity index (χ3n) is 3.17. The average Bonchev–Trinajstić information content (AvgIpc) is 2.53. The molecule has 1 aromatic rings. The molecule has 0 spiro atoms. The van der Waals surface area contributed by atoms with Crippen molar-refractivity contribution in [3.05, 3.63) is 64.4 Å². The second-order valence-corrected chi connectivity index (χ2v) is 4.98. The molecule has 1 aliphatic rings. The molecule has 0 saturated heterocycles. The van der Waals surface area contributed by atoms with E-state index in [4.69, 9.17) is 4.74 Å². The molecule has 1 N–H and O–H groups in total. The smallest absolute Gasteiger partial charge is 0.342 e. The van der Waals surface area contributed by atoms with E-state index in [0.717, 1.165) is 5.57 Å². The maximum Gasteiger partial charge on any atom is 0.342 e. The number of carbonyl (C=O) groups excluding carboxylic acids is 1. The van der Waals surface area contributed by atoms with Crippen molar-refractivity contribution in [1.82, 2.24) is 0 Å². The fourth-order valence-electron chi connectivity index (χ4n) is 2.19. The standard InChI is InChI=1S/C16H13BrO4/c1-21-16(20)14-8-10(9-17)6-7-12(14)11-4-2-3-5-13(11)15(18)19/h2-7,12H,9H2,1H3,(H,18,19). The van der Waals surface area contributed by atoms with Crippen LogP contribution in [0.3, 0.4) is 0 Å². The van der Waals surface area contributed by atoms with Gasteiger partial charge in [0.25, 0.3) is 0 Å². The molecule has 1 atom stereocenters. The molecule has 0 aliphatic heterocycles. The zero-order chi connectivity index (χ0) is 15.4. The highest BCUT2D eigenvalue weighted by atomic mass is 79.9. The van der Waals surface area contributed by atoms with E-state index in [0.29, 0.717) is 16.5 Å². The second-order valence-electron chi connectivity index (χ2n) is 4.42. The molecule has 1 aromatic carbocycles. The molecule has 5 heteroatoms. The Morgan fingerprint density at radius 3 is 2.71 bits per heavy atom. The zero-order valence-corrected chi connectivity index (χ0v) is 12.9. The molecule has 4 nitrogen and oxygen atoms in total. The summed E-state index contributed by atoms with van der Waals surface area (Å²) in [6.45, 7) is 0. The predicted octanol–water partition coefficient (Wildman–Crippen LogP) is 3.06. The van der Waals surface area contributed by atoms with E-state index in [1.165, 1.54) is 13.2 Å². The molecule has 0 heterocycles. The number of halogens is 1. The monoisotopic (exact) mass is 348 g/mol. The lowest BCUT2D eigenvalue weighted by molar-refractivity contribution is -0.136. The third kappa shape index (κ3) is 3.15. The van der Waals surface area contributed by atoms with Crippen molar-refractivity contribution in [1.29, 1.82) is 0 Å². The van der Waals surface area contributed by atoms with Crippen molar-refractivity contribution < 1.29 is 19.4 Å². The largest absolute Gasteiger partial charge is 0.478 e. The minimum Gasteiger partial charge on any atom is -0.478 e. The first kappa shape index (κ1) is 15.3. The Morgan fingerprint density at radius 1 is 1.38 bits per heavy atom. The van der Waals surface area contributed by atoms with Crippen LogP contribution in [-0.2, 0) is 9.53 Å². The maximum atomic E-state index is 12.0. The van der Waals surface area contributed by atoms with Crippen molar-refractivity contribution in [3.63, 3.8) is 0 Å². The molecule has 0 saturated carbocycles. The van der Waals surface area contributed by atoms with Gasteiger partial charge in [0.15, 0.2) is 0 Å². The van der Waals surface area contributed by atoms with Crippen LogP contribution in [0.5, 0.6) is 0 Å². The van der Waals surface area contributed by atoms with E-state index in [2.05, 4.69) is 21.7 Å². The van der Waals surface area contributed by atoms with Gasteiger partial charge in [0.05, 0.1) is 18.2 Å². The molecule has 0 aromatic heterocycles. The summed E-state index contributed by atoms with van der Waals surface area (Å²) in [5.41, 5.74) is 4.82. The molecule has 0 fully saturated rings. The molecule has 1 unspecified atom stereocenters. The SMILES string of the molecule is COC(=O)C1=C=C(CBr)C=CC1c1ccccc1C(=O)O. The Hall–Kier alpha value is -2.10. The number of esters is 1. The summed E-state index contributed by atoms with van der Waals surface area (Å²) in [6, 6.07) is 6.61. The van der Waals surface area contributed by atoms with Crippen LogP contribution in [-0.4, -0.2) is 29.5 Å². The molecule has 2 rings (SSSR count). The van der Waals surface area contributed by atoms with Crippen molar-refractivity contribution in [2.75, 3.05) is 12.4 Å². The number of hydrogen-bond donors (Lipinski definition) is 1. The number of benzene rings is 1. The third-order valence-corrected chi connectivity index (χ3v) is 3.78. The first-order valence-corrected chi connectivity index (χ1v) is 7.35. The number of carboxylic acids is 1. The van der Waals surface area contributed by atoms with Gasteiger partial charge < -0.3 is 9.84 Å². The number of ether oxygens (including phenoxy) is 1. The fourth-order valence-corrected chi connectivity index (χ4v) is 2.52. The van der Waals surface area contributed by atoms with Gasteiger partial charge >= 0.3 is 11.9 Å². The highest BCUT2D eigenvalue weighted by molar-refractivity contribution is 9.09. The van der Waals surface area contributed by atoms with Gasteiger partial charge in [0.1, 0.15) is 0 Å². The predicted molar refractivity (Wildman–Crippen MR) is 81.6 cm³/mol. The van der Waals surface area contributed by atoms with E-state index in [9.17, 15) is 14.7 Å². The van der Waals surface area contributed by atoms with E-state index in [1.54, 1.807) is 24.3 Å². The number of allylic oxidation sites excluding steroid dienone is 2. The summed E-state index contributed by atoms with van der Waals surface area (Å²) in [7, 11) is 1.29. The number of carbonyl (C=O) groups is 2. The number of alkyl halides is 1. The van der Waals surface area contributed by atoms with Gasteiger partial charge in [-0.15, -0.1) is 5.73 Å². The van der Waals surface area contributed by atoms with Crippen molar-refractivity contribution in [2.24, 2.45) is 0 Å². The van der Waals surface area contributed by atoms with Crippen LogP contribution >= 0.6 is 15.9 Å². The number of carboxylic acid groups (broad SMARTS) is 1. The highest BCUT2D eigenvalue weighted by Gasteiger charge is 2.26. The molecular weight excluding hydrogens is 336 g/mol. The van der Waals surface area contributed by atoms with Crippen LogP contribution in [0.15, 0.2) is 53.3 Å². The Labute approximate surface area is 130 Å². The van der Waals surface area contributed by atoms with Crippen LogP contribution in [0.4, 0.5) is 0 Å². The van der Waals surface area contributed by atoms with Crippen LogP contribution in [0, 0.1) is 0 Å². The lowest BCUT2D eigenvalue weighted by Crippen LogP contribution is -2.16. The highest BCUT2D eigenvalue weighted by Crippen LogP contribution is 2.32. The Kier molecular flexibility index (Phi) is 4.78. The molecule has 0 bridgehead atoms. The van der Waals surface area contributed by atoms with Crippen LogP contribution in [0.25, 0.3) is 0 Å². The number of rotatable bonds is 4. The van der Waals surface area contributed by atoms with Gasteiger partial charge in [-0.05, 0) is 11.6 Å². The van der Waals surface area contributed by atoms with Crippen LogP contribution in [0.2, 0.25) is 0 Å². The molecule has 1 aliphatic carbocycles. The summed E-state index contributed by atoms with van der Waals surface area (Å²) in [5, 5.41) is 9.85. The lowest BCUT2D eigenvalue weighted by atomic mass is 9.85. The van der Waals surface area contributed by atoms with E-state index in [-0.39, 0.29) is 5.56 Å². The molecule has 21 heavy (non-hydrogen) atoms. The average molecular weight is 349 g/mol. The number of methoxy groups -OCH3 is 1. The second kappa shape index (κ2) is 6.57. The van der Waals surface area contributed by atoms with E-state index >= 15 is 0 Å². The topological polar surface area (TPSA) is 63.6 Å². The normalized spacial score (nSPS) is 17.0. The van der Waals surface area contributed by atoms with Crippen molar-refractivity contribution in [2.45, 2.75) is 5.92 Å². The summed E-state index contributed by atoms with van der Waals surface area (Å²) in [6.07, 6.45) is 3.62. The van der Waals surface area contributed by atoms with Gasteiger partial charge in [-0.3, -0.25) is 0 Å². The number of hydrogen-bond acceptors (Lipinski definition) is 3. The van der Waals surface area contributed by atoms with Crippen LogP contribution in [0.1, 0.15) is 21.8 Å². The first-order chi connectivity index (χ1) is 10.1. The summed E-state index contributed by atoms with van der Waals surface area (Å²) in [4.78, 5) is 23.3. The maximum absolute atomic E-state index is 12.0. The van der Waals surface area contributed by atoms with Gasteiger partial charge in [0, 0.05) is 16.8 Å². The Balaban J connectivity index is 2.59. The van der Waals surface area contributed by atoms with Gasteiger partial charge in [-0.25, -0.2) is 9.59 Å². The first-order valence-electron chi connectivity index (χ1n) is 6.23. The Morgan fingerprint density at radius 2 is 2.10 bits per heavy atom. The Bertz CT molecular complexity index is 681. The van der Waals surface area contributed by atoms with Gasteiger partial charge in [0.2, 0.25) is 0 Å². The van der Waals surface area contributed by atoms with Gasteiger partial charge in [-0.1, -0.05) is 46.3 Å². The number of aromatic carboxylic acids is 1. The van der Waals surface area contributed by atoms with Crippen LogP contribution < -0.4 is 0 Å². The van der Waals surface area contributed by atoms with E-state index < -0.39 is 17.9 Å². The van der Waals surface area contributed by atoms with Crippen molar-refractivity contribution in [3.8, 4) is 0 Å². The molecule has 0 radical (unpaired) electrons. The van der Waals surface area contributed by atoms with Gasteiger partial charge in [-0.2, -0.15) is 0 Å². The van der Waals surface area contributed by atoms with Crippen molar-refractivity contribution >= 4 is 27.9 Å². The van der Waals surface area contributed by atoms with E-state index in [1.807, 2.05) is 6.08 Å². The molecule has 0 amide bonds. The minimum absolute atomic E-state index is 0.164. The molecule has 108 valence electrons.